The molecule has 0 bridgehead atoms. The third kappa shape index (κ3) is 5.22. The van der Waals surface area contributed by atoms with Gasteiger partial charge in [-0.25, -0.2) is 4.98 Å². The molecule has 0 atom stereocenters. The van der Waals surface area contributed by atoms with Crippen molar-refractivity contribution in [3.05, 3.63) is 77.4 Å². The number of hydrogen-bond acceptors (Lipinski definition) is 4. The van der Waals surface area contributed by atoms with Crippen LogP contribution in [0, 0.1) is 6.92 Å². The van der Waals surface area contributed by atoms with E-state index < -0.39 is 0 Å². The normalized spacial score (nSPS) is 10.2. The highest BCUT2D eigenvalue weighted by Crippen LogP contribution is 2.18. The number of rotatable bonds is 6. The summed E-state index contributed by atoms with van der Waals surface area (Å²) in [4.78, 5) is 16.2. The van der Waals surface area contributed by atoms with E-state index in [1.807, 2.05) is 43.3 Å². The number of aryl methyl sites for hydroxylation is 1. The van der Waals surface area contributed by atoms with Crippen LogP contribution >= 0.6 is 11.6 Å². The first kappa shape index (κ1) is 17.8. The van der Waals surface area contributed by atoms with Gasteiger partial charge in [-0.15, -0.1) is 0 Å². The predicted octanol–water partition coefficient (Wildman–Crippen LogP) is 4.80. The highest BCUT2D eigenvalue weighted by Gasteiger charge is 2.05. The first-order chi connectivity index (χ1) is 12.6. The zero-order valence-corrected chi connectivity index (χ0v) is 15.0. The molecule has 3 rings (SSSR count). The Balaban J connectivity index is 1.50. The SMILES string of the molecule is Cc1ccc(OCC(=O)Nc2ccc(Nc3ccc(Cl)cc3)nc2)cc1. The van der Waals surface area contributed by atoms with Gasteiger partial charge < -0.3 is 15.4 Å². The van der Waals surface area contributed by atoms with Crippen LogP contribution in [0.1, 0.15) is 5.56 Å². The summed E-state index contributed by atoms with van der Waals surface area (Å²) < 4.78 is 5.45. The summed E-state index contributed by atoms with van der Waals surface area (Å²) >= 11 is 5.86. The van der Waals surface area contributed by atoms with Crippen LogP contribution in [0.4, 0.5) is 17.2 Å². The summed E-state index contributed by atoms with van der Waals surface area (Å²) in [6.45, 7) is 1.93. The van der Waals surface area contributed by atoms with E-state index in [9.17, 15) is 4.79 Å². The summed E-state index contributed by atoms with van der Waals surface area (Å²) in [5, 5.41) is 6.58. The molecule has 1 amide bonds. The molecule has 0 fully saturated rings. The van der Waals surface area contributed by atoms with E-state index >= 15 is 0 Å². The van der Waals surface area contributed by atoms with Gasteiger partial charge in [0.15, 0.2) is 6.61 Å². The van der Waals surface area contributed by atoms with Crippen LogP contribution in [0.3, 0.4) is 0 Å². The van der Waals surface area contributed by atoms with Crippen molar-refractivity contribution in [2.75, 3.05) is 17.2 Å². The van der Waals surface area contributed by atoms with Crippen molar-refractivity contribution in [1.82, 2.24) is 4.98 Å². The quantitative estimate of drug-likeness (QED) is 0.656. The van der Waals surface area contributed by atoms with Gasteiger partial charge in [-0.05, 0) is 55.5 Å². The van der Waals surface area contributed by atoms with Crippen LogP contribution in [0.25, 0.3) is 0 Å². The van der Waals surface area contributed by atoms with Crippen molar-refractivity contribution in [2.45, 2.75) is 6.92 Å². The van der Waals surface area contributed by atoms with Gasteiger partial charge in [-0.1, -0.05) is 29.3 Å². The van der Waals surface area contributed by atoms with E-state index in [0.29, 0.717) is 22.3 Å². The minimum Gasteiger partial charge on any atom is -0.484 e. The number of carbonyl (C=O) groups is 1. The summed E-state index contributed by atoms with van der Waals surface area (Å²) in [5.41, 5.74) is 2.62. The van der Waals surface area contributed by atoms with Gasteiger partial charge in [0.1, 0.15) is 11.6 Å². The van der Waals surface area contributed by atoms with Crippen LogP contribution in [0.5, 0.6) is 5.75 Å². The molecular formula is C20H18ClN3O2. The first-order valence-corrected chi connectivity index (χ1v) is 8.44. The molecule has 0 radical (unpaired) electrons. The molecule has 0 aliphatic carbocycles. The molecule has 132 valence electrons. The van der Waals surface area contributed by atoms with Crippen LogP contribution in [0.2, 0.25) is 5.02 Å². The average Bonchev–Trinajstić information content (AvgIpc) is 2.65. The number of amides is 1. The Kier molecular flexibility index (Phi) is 5.71. The van der Waals surface area contributed by atoms with Crippen molar-refractivity contribution >= 4 is 34.7 Å². The number of ether oxygens (including phenoxy) is 1. The Bertz CT molecular complexity index is 863. The standard InChI is InChI=1S/C20H18ClN3O2/c1-14-2-9-18(10-3-14)26-13-20(25)24-17-8-11-19(22-12-17)23-16-6-4-15(21)5-7-16/h2-12H,13H2,1H3,(H,22,23)(H,24,25). The highest BCUT2D eigenvalue weighted by molar-refractivity contribution is 6.30. The second-order valence-corrected chi connectivity index (χ2v) is 6.15. The molecule has 0 aliphatic rings. The number of hydrogen-bond donors (Lipinski definition) is 2. The lowest BCUT2D eigenvalue weighted by Crippen LogP contribution is -2.20. The van der Waals surface area contributed by atoms with E-state index in [2.05, 4.69) is 15.6 Å². The van der Waals surface area contributed by atoms with Crippen molar-refractivity contribution in [3.8, 4) is 5.75 Å². The molecule has 0 saturated carbocycles. The van der Waals surface area contributed by atoms with Gasteiger partial charge in [0.25, 0.3) is 5.91 Å². The minimum absolute atomic E-state index is 0.0617. The minimum atomic E-state index is -0.245. The molecule has 1 aromatic heterocycles. The Morgan fingerprint density at radius 1 is 1.00 bits per heavy atom. The summed E-state index contributed by atoms with van der Waals surface area (Å²) in [6.07, 6.45) is 1.59. The molecule has 0 spiro atoms. The first-order valence-electron chi connectivity index (χ1n) is 8.06. The monoisotopic (exact) mass is 367 g/mol. The average molecular weight is 368 g/mol. The number of anilines is 3. The second-order valence-electron chi connectivity index (χ2n) is 5.71. The van der Waals surface area contributed by atoms with Gasteiger partial charge in [0.05, 0.1) is 11.9 Å². The fourth-order valence-corrected chi connectivity index (χ4v) is 2.33. The lowest BCUT2D eigenvalue weighted by atomic mass is 10.2. The van der Waals surface area contributed by atoms with Gasteiger partial charge in [0, 0.05) is 10.7 Å². The molecule has 0 saturated heterocycles. The largest absolute Gasteiger partial charge is 0.484 e. The Morgan fingerprint density at radius 3 is 2.35 bits per heavy atom. The maximum atomic E-state index is 12.0. The third-order valence-corrected chi connectivity index (χ3v) is 3.81. The van der Waals surface area contributed by atoms with E-state index in [-0.39, 0.29) is 12.5 Å². The number of aromatic nitrogens is 1. The molecule has 0 unspecified atom stereocenters. The molecule has 2 N–H and O–H groups in total. The number of nitrogens with zero attached hydrogens (tertiary/aromatic N) is 1. The molecule has 1 heterocycles. The Hall–Kier alpha value is -3.05. The molecule has 0 aliphatic heterocycles. The molecular weight excluding hydrogens is 350 g/mol. The molecule has 3 aromatic rings. The molecule has 2 aromatic carbocycles. The topological polar surface area (TPSA) is 63.2 Å². The number of pyridine rings is 1. The van der Waals surface area contributed by atoms with Crippen LogP contribution < -0.4 is 15.4 Å². The van der Waals surface area contributed by atoms with Gasteiger partial charge in [0.2, 0.25) is 0 Å². The lowest BCUT2D eigenvalue weighted by Gasteiger charge is -2.09. The van der Waals surface area contributed by atoms with Gasteiger partial charge >= 0.3 is 0 Å². The van der Waals surface area contributed by atoms with Crippen molar-refractivity contribution in [1.29, 1.82) is 0 Å². The zero-order valence-electron chi connectivity index (χ0n) is 14.2. The number of nitrogens with one attached hydrogen (secondary N) is 2. The van der Waals surface area contributed by atoms with E-state index in [1.165, 1.54) is 0 Å². The number of halogens is 1. The van der Waals surface area contributed by atoms with Gasteiger partial charge in [-0.2, -0.15) is 0 Å². The van der Waals surface area contributed by atoms with E-state index in [0.717, 1.165) is 11.3 Å². The molecule has 6 heteroatoms. The maximum absolute atomic E-state index is 12.0. The van der Waals surface area contributed by atoms with Crippen LogP contribution in [-0.4, -0.2) is 17.5 Å². The van der Waals surface area contributed by atoms with Crippen molar-refractivity contribution in [2.24, 2.45) is 0 Å². The van der Waals surface area contributed by atoms with Gasteiger partial charge in [-0.3, -0.25) is 4.79 Å². The summed E-state index contributed by atoms with van der Waals surface area (Å²) in [5.74, 6) is 1.08. The Labute approximate surface area is 157 Å². The fraction of sp³-hybridized carbons (Fsp3) is 0.100. The maximum Gasteiger partial charge on any atom is 0.262 e. The van der Waals surface area contributed by atoms with Crippen LogP contribution in [0.15, 0.2) is 66.9 Å². The zero-order chi connectivity index (χ0) is 18.4. The van der Waals surface area contributed by atoms with E-state index in [4.69, 9.17) is 16.3 Å². The predicted molar refractivity (Wildman–Crippen MR) is 104 cm³/mol. The van der Waals surface area contributed by atoms with E-state index in [1.54, 1.807) is 30.5 Å². The fourth-order valence-electron chi connectivity index (χ4n) is 2.20. The number of carbonyl (C=O) groups excluding carboxylic acids is 1. The van der Waals surface area contributed by atoms with Crippen molar-refractivity contribution < 1.29 is 9.53 Å². The third-order valence-electron chi connectivity index (χ3n) is 3.55. The second kappa shape index (κ2) is 8.36. The summed E-state index contributed by atoms with van der Waals surface area (Å²) in [6, 6.07) is 18.4. The Morgan fingerprint density at radius 2 is 1.69 bits per heavy atom. The lowest BCUT2D eigenvalue weighted by molar-refractivity contribution is -0.118. The number of benzene rings is 2. The smallest absolute Gasteiger partial charge is 0.262 e. The summed E-state index contributed by atoms with van der Waals surface area (Å²) in [7, 11) is 0. The molecule has 5 nitrogen and oxygen atoms in total. The highest BCUT2D eigenvalue weighted by atomic mass is 35.5. The van der Waals surface area contributed by atoms with Crippen molar-refractivity contribution in [3.63, 3.8) is 0 Å². The van der Waals surface area contributed by atoms with Crippen LogP contribution in [-0.2, 0) is 4.79 Å². The molecule has 26 heavy (non-hydrogen) atoms.